The van der Waals surface area contributed by atoms with Crippen LogP contribution in [-0.4, -0.2) is 27.3 Å². The van der Waals surface area contributed by atoms with Crippen molar-refractivity contribution < 1.29 is 19.0 Å². The molecule has 5 heteroatoms. The summed E-state index contributed by atoms with van der Waals surface area (Å²) in [5.74, 6) is 0. The predicted molar refractivity (Wildman–Crippen MR) is 74.3 cm³/mol. The summed E-state index contributed by atoms with van der Waals surface area (Å²) in [5, 5.41) is 0. The Labute approximate surface area is 130 Å². The fourth-order valence-electron chi connectivity index (χ4n) is 0.782. The van der Waals surface area contributed by atoms with Crippen LogP contribution >= 0.6 is 37.2 Å². The van der Waals surface area contributed by atoms with Crippen molar-refractivity contribution in [1.82, 2.24) is 0 Å². The van der Waals surface area contributed by atoms with Crippen molar-refractivity contribution in [2.75, 3.05) is 0 Å². The predicted octanol–water partition coefficient (Wildman–Crippen LogP) is -1.15. The van der Waals surface area contributed by atoms with Gasteiger partial charge in [0, 0.05) is 5.56 Å². The number of hydrogen-bond acceptors (Lipinski definition) is 0. The van der Waals surface area contributed by atoms with E-state index in [1.807, 2.05) is 18.2 Å². The third-order valence-corrected chi connectivity index (χ3v) is 1.37. The molecule has 0 amide bonds. The summed E-state index contributed by atoms with van der Waals surface area (Å²) in [6.07, 6.45) is 0. The molecule has 3 N–H and O–H groups in total. The van der Waals surface area contributed by atoms with Gasteiger partial charge in [0.1, 0.15) is 6.04 Å². The first-order valence-corrected chi connectivity index (χ1v) is 16.0. The maximum atomic E-state index is 3.91. The standard InChI is InChI=1S/C8H11N.I3.Pb.2H/c1-7(9)8-5-3-2-4-6-8;1-3-2;;;/h2-7H,9H2,1H3;;;;/q;-1;;;/p+1. The Hall–Kier alpha value is 2.29. The van der Waals surface area contributed by atoms with E-state index in [2.05, 4.69) is 62.0 Å². The third kappa shape index (κ3) is 10.6. The molecule has 0 aliphatic heterocycles. The van der Waals surface area contributed by atoms with Crippen LogP contribution in [0.1, 0.15) is 18.5 Å². The van der Waals surface area contributed by atoms with E-state index in [1.165, 1.54) is 5.56 Å². The number of quaternary nitrogens is 1. The molecule has 1 nitrogen and oxygen atoms in total. The van der Waals surface area contributed by atoms with Crippen LogP contribution in [0.25, 0.3) is 0 Å². The Morgan fingerprint density at radius 1 is 1.23 bits per heavy atom. The number of rotatable bonds is 1. The Morgan fingerprint density at radius 2 is 1.62 bits per heavy atom. The molecule has 1 unspecified atom stereocenters. The Bertz CT molecular complexity index is 194. The van der Waals surface area contributed by atoms with E-state index in [4.69, 9.17) is 0 Å². The molecule has 0 spiro atoms. The first-order valence-electron chi connectivity index (χ1n) is 3.47. The Morgan fingerprint density at radius 3 is 1.85 bits per heavy atom. The summed E-state index contributed by atoms with van der Waals surface area (Å²) in [5.41, 5.74) is 5.21. The van der Waals surface area contributed by atoms with Crippen LogP contribution in [0.5, 0.6) is 0 Å². The molecule has 0 heterocycles. The van der Waals surface area contributed by atoms with Gasteiger partial charge in [-0.05, 0) is 6.92 Å². The second-order valence-corrected chi connectivity index (χ2v) is 18.6. The molecule has 0 aliphatic carbocycles. The molecule has 1 aromatic rings. The molecule has 2 radical (unpaired) electrons. The molecular weight excluding hydrogens is 698 g/mol. The summed E-state index contributed by atoms with van der Waals surface area (Å²) in [6.45, 7) is 2.09. The minimum atomic E-state index is 0. The van der Waals surface area contributed by atoms with Crippen molar-refractivity contribution >= 4 is 64.5 Å². The Kier molecular flexibility index (Phi) is 16.8. The molecule has 76 valence electrons. The second kappa shape index (κ2) is 12.4. The van der Waals surface area contributed by atoms with E-state index in [0.717, 1.165) is 0 Å². The van der Waals surface area contributed by atoms with Gasteiger partial charge in [-0.15, -0.1) is 0 Å². The van der Waals surface area contributed by atoms with Crippen LogP contribution in [0.3, 0.4) is 0 Å². The zero-order valence-corrected chi connectivity index (χ0v) is 19.5. The summed E-state index contributed by atoms with van der Waals surface area (Å²) < 4.78 is 0. The van der Waals surface area contributed by atoms with Crippen molar-refractivity contribution in [3.63, 3.8) is 0 Å². The zero-order valence-electron chi connectivity index (χ0n) is 7.51. The summed E-state index contributed by atoms with van der Waals surface area (Å²) in [6, 6.07) is 10.7. The first kappa shape index (κ1) is 17.7. The monoisotopic (exact) mass is 713 g/mol. The van der Waals surface area contributed by atoms with Crippen molar-refractivity contribution in [1.29, 1.82) is 0 Å². The molecule has 0 saturated heterocycles. The molecule has 0 aromatic heterocycles. The van der Waals surface area contributed by atoms with E-state index in [9.17, 15) is 0 Å². The van der Waals surface area contributed by atoms with Gasteiger partial charge >= 0.3 is 77.8 Å². The normalized spacial score (nSPS) is 10.8. The quantitative estimate of drug-likeness (QED) is 0.282. The van der Waals surface area contributed by atoms with Crippen LogP contribution < -0.4 is 19.0 Å². The van der Waals surface area contributed by atoms with Gasteiger partial charge in [0.15, 0.2) is 0 Å². The molecule has 0 aliphatic rings. The van der Waals surface area contributed by atoms with Gasteiger partial charge in [-0.1, -0.05) is 30.3 Å². The van der Waals surface area contributed by atoms with E-state index < -0.39 is 0 Å². The molecule has 1 rings (SSSR count). The Balaban J connectivity index is 0. The number of benzene rings is 1. The SMILES string of the molecule is CC([NH3+])c1ccccc1.I[I-]I.[PbH2]. The average Bonchev–Trinajstić information content (AvgIpc) is 2.07. The van der Waals surface area contributed by atoms with Crippen LogP contribution in [0.15, 0.2) is 30.3 Å². The van der Waals surface area contributed by atoms with Crippen molar-refractivity contribution in [2.45, 2.75) is 13.0 Å². The van der Waals surface area contributed by atoms with Crippen LogP contribution in [0, 0.1) is 0 Å². The van der Waals surface area contributed by atoms with Gasteiger partial charge in [-0.3, -0.25) is 0 Å². The van der Waals surface area contributed by atoms with Gasteiger partial charge in [0.25, 0.3) is 0 Å². The van der Waals surface area contributed by atoms with Gasteiger partial charge in [0.2, 0.25) is 0 Å². The summed E-state index contributed by atoms with van der Waals surface area (Å²) in [4.78, 5) is 0. The number of halogens is 3. The molecule has 1 atom stereocenters. The average molecular weight is 712 g/mol. The zero-order chi connectivity index (χ0) is 9.40. The van der Waals surface area contributed by atoms with Gasteiger partial charge < -0.3 is 5.73 Å². The van der Waals surface area contributed by atoms with E-state index in [0.29, 0.717) is 19.3 Å². The van der Waals surface area contributed by atoms with Crippen LogP contribution in [0.2, 0.25) is 0 Å². The molecule has 0 saturated carbocycles. The van der Waals surface area contributed by atoms with Crippen molar-refractivity contribution in [3.8, 4) is 0 Å². The number of hydrogen-bond donors (Lipinski definition) is 1. The van der Waals surface area contributed by atoms with Crippen LogP contribution in [0.4, 0.5) is 0 Å². The van der Waals surface area contributed by atoms with Gasteiger partial charge in [-0.25, -0.2) is 0 Å². The van der Waals surface area contributed by atoms with E-state index in [1.54, 1.807) is 0 Å². The fourth-order valence-corrected chi connectivity index (χ4v) is 0.782. The second-order valence-electron chi connectivity index (χ2n) is 2.37. The molecule has 0 bridgehead atoms. The van der Waals surface area contributed by atoms with Crippen molar-refractivity contribution in [3.05, 3.63) is 35.9 Å². The van der Waals surface area contributed by atoms with Gasteiger partial charge in [0.05, 0.1) is 0 Å². The topological polar surface area (TPSA) is 27.6 Å². The van der Waals surface area contributed by atoms with E-state index >= 15 is 0 Å². The minimum absolute atomic E-state index is 0. The molecule has 13 heavy (non-hydrogen) atoms. The molecular formula is C8H14I3NPb. The van der Waals surface area contributed by atoms with Crippen LogP contribution in [-0.2, 0) is 0 Å². The molecule has 0 fully saturated rings. The molecule has 1 aromatic carbocycles. The summed E-state index contributed by atoms with van der Waals surface area (Å²) >= 11 is 5.30. The fraction of sp³-hybridized carbons (Fsp3) is 0.250. The third-order valence-electron chi connectivity index (χ3n) is 1.37. The first-order chi connectivity index (χ1) is 5.72. The summed E-state index contributed by atoms with van der Waals surface area (Å²) in [7, 11) is 0. The van der Waals surface area contributed by atoms with Crippen molar-refractivity contribution in [2.24, 2.45) is 0 Å². The maximum absolute atomic E-state index is 3.91. The van der Waals surface area contributed by atoms with Gasteiger partial charge in [-0.2, -0.15) is 0 Å². The van der Waals surface area contributed by atoms with E-state index in [-0.39, 0.29) is 27.3 Å².